The topological polar surface area (TPSA) is 46.5 Å². The van der Waals surface area contributed by atoms with E-state index in [2.05, 4.69) is 39.4 Å². The number of para-hydroxylation sites is 1. The minimum absolute atomic E-state index is 0.102. The first-order chi connectivity index (χ1) is 10.6. The summed E-state index contributed by atoms with van der Waals surface area (Å²) in [6, 6.07) is 8.71. The van der Waals surface area contributed by atoms with Crippen LogP contribution in [0.15, 0.2) is 30.3 Å². The van der Waals surface area contributed by atoms with Crippen LogP contribution in [0.4, 0.5) is 0 Å². The highest BCUT2D eigenvalue weighted by atomic mass is 16.5. The van der Waals surface area contributed by atoms with E-state index in [9.17, 15) is 4.79 Å². The third-order valence-corrected chi connectivity index (χ3v) is 4.20. The molecule has 0 spiro atoms. The summed E-state index contributed by atoms with van der Waals surface area (Å²) in [6.45, 7) is 15.2. The summed E-state index contributed by atoms with van der Waals surface area (Å²) < 4.78 is 4.61. The highest BCUT2D eigenvalue weighted by Crippen LogP contribution is 2.41. The van der Waals surface area contributed by atoms with E-state index in [-0.39, 0.29) is 16.8 Å². The first-order valence-corrected chi connectivity index (χ1v) is 8.41. The van der Waals surface area contributed by atoms with Gasteiger partial charge in [-0.2, -0.15) is 0 Å². The molecule has 134 valence electrons. The molecule has 0 radical (unpaired) electrons. The number of phenolic OH excluding ortho intramolecular Hbond substituents is 1. The molecule has 23 heavy (non-hydrogen) atoms. The van der Waals surface area contributed by atoms with Gasteiger partial charge in [0.15, 0.2) is 0 Å². The van der Waals surface area contributed by atoms with Crippen LogP contribution in [0.1, 0.15) is 67.7 Å². The number of phenols is 1. The largest absolute Gasteiger partial charge is 0.508 e. The van der Waals surface area contributed by atoms with Gasteiger partial charge in [-0.05, 0) is 35.8 Å². The second-order valence-corrected chi connectivity index (χ2v) is 6.90. The van der Waals surface area contributed by atoms with Gasteiger partial charge in [-0.3, -0.25) is 4.79 Å². The zero-order chi connectivity index (χ0) is 18.5. The maximum absolute atomic E-state index is 10.9. The molecular weight excluding hydrogens is 288 g/mol. The predicted octanol–water partition coefficient (Wildman–Crippen LogP) is 5.82. The van der Waals surface area contributed by atoms with Crippen molar-refractivity contribution >= 4 is 5.97 Å². The van der Waals surface area contributed by atoms with Gasteiger partial charge in [-0.15, -0.1) is 0 Å². The average molecular weight is 325 g/mol. The van der Waals surface area contributed by atoms with Gasteiger partial charge in [-0.25, -0.2) is 0 Å². The fraction of sp³-hybridized carbons (Fsp3) is 0.650. The fourth-order valence-corrected chi connectivity index (χ4v) is 1.58. The minimum Gasteiger partial charge on any atom is -0.508 e. The zero-order valence-corrected chi connectivity index (χ0v) is 16.3. The summed E-state index contributed by atoms with van der Waals surface area (Å²) in [5.41, 5.74) is 0.546. The van der Waals surface area contributed by atoms with Crippen molar-refractivity contribution in [2.45, 2.75) is 67.7 Å². The Morgan fingerprint density at radius 2 is 1.52 bits per heavy atom. The summed E-state index contributed by atoms with van der Waals surface area (Å²) in [5, 5.41) is 8.63. The molecule has 3 nitrogen and oxygen atoms in total. The lowest BCUT2D eigenvalue weighted by Crippen LogP contribution is -2.29. The molecule has 0 aromatic heterocycles. The Hall–Kier alpha value is -1.51. The van der Waals surface area contributed by atoms with E-state index in [1.165, 1.54) is 7.11 Å². The van der Waals surface area contributed by atoms with Gasteiger partial charge in [0, 0.05) is 6.42 Å². The van der Waals surface area contributed by atoms with Gasteiger partial charge in [0.2, 0.25) is 0 Å². The third-order valence-electron chi connectivity index (χ3n) is 4.20. The number of carbonyl (C=O) groups excluding carboxylic acids is 1. The van der Waals surface area contributed by atoms with Crippen molar-refractivity contribution < 1.29 is 14.6 Å². The normalized spacial score (nSPS) is 10.6. The number of ether oxygens (including phenoxy) is 1. The van der Waals surface area contributed by atoms with E-state index in [1.807, 2.05) is 19.9 Å². The van der Waals surface area contributed by atoms with Crippen molar-refractivity contribution in [3.05, 3.63) is 30.3 Å². The molecule has 1 aromatic carbocycles. The van der Waals surface area contributed by atoms with Crippen LogP contribution in [0.25, 0.3) is 0 Å². The third kappa shape index (κ3) is 11.7. The Kier molecular flexibility index (Phi) is 12.4. The van der Waals surface area contributed by atoms with Crippen molar-refractivity contribution in [1.82, 2.24) is 0 Å². The number of hydrogen-bond acceptors (Lipinski definition) is 3. The first kappa shape index (κ1) is 23.8. The maximum atomic E-state index is 10.9. The molecule has 0 aliphatic heterocycles. The molecule has 0 heterocycles. The van der Waals surface area contributed by atoms with Crippen LogP contribution in [0.2, 0.25) is 0 Å². The second-order valence-electron chi connectivity index (χ2n) is 6.90. The predicted molar refractivity (Wildman–Crippen MR) is 98.6 cm³/mol. The van der Waals surface area contributed by atoms with Gasteiger partial charge in [0.25, 0.3) is 0 Å². The molecule has 1 aromatic rings. The quantitative estimate of drug-likeness (QED) is 0.710. The van der Waals surface area contributed by atoms with Gasteiger partial charge in [0.05, 0.1) is 7.11 Å². The highest BCUT2D eigenvalue weighted by Gasteiger charge is 2.31. The van der Waals surface area contributed by atoms with E-state index < -0.39 is 0 Å². The molecular formula is C20H36O3. The summed E-state index contributed by atoms with van der Waals surface area (Å²) >= 11 is 0. The highest BCUT2D eigenvalue weighted by molar-refractivity contribution is 5.68. The minimum atomic E-state index is -0.102. The molecule has 3 heteroatoms. The van der Waals surface area contributed by atoms with E-state index in [0.717, 1.165) is 12.8 Å². The number of methoxy groups -OCH3 is 1. The van der Waals surface area contributed by atoms with Crippen molar-refractivity contribution in [3.63, 3.8) is 0 Å². The summed E-state index contributed by atoms with van der Waals surface area (Å²) in [7, 11) is 1.44. The Labute approximate surface area is 143 Å². The van der Waals surface area contributed by atoms with Crippen LogP contribution in [0.5, 0.6) is 5.75 Å². The fourth-order valence-electron chi connectivity index (χ4n) is 1.58. The van der Waals surface area contributed by atoms with Crippen LogP contribution in [-0.4, -0.2) is 18.2 Å². The molecule has 0 amide bonds. The van der Waals surface area contributed by atoms with Crippen LogP contribution in [-0.2, 0) is 9.53 Å². The number of esters is 1. The molecule has 0 saturated carbocycles. The molecule has 0 bridgehead atoms. The van der Waals surface area contributed by atoms with Crippen molar-refractivity contribution in [2.24, 2.45) is 10.8 Å². The smallest absolute Gasteiger partial charge is 0.305 e. The van der Waals surface area contributed by atoms with E-state index in [4.69, 9.17) is 5.11 Å². The number of carbonyl (C=O) groups is 1. The number of hydrogen-bond donors (Lipinski definition) is 1. The molecule has 1 rings (SSSR count). The lowest BCUT2D eigenvalue weighted by molar-refractivity contribution is -0.140. The second kappa shape index (κ2) is 12.0. The molecule has 1 N–H and O–H groups in total. The molecule has 0 atom stereocenters. The van der Waals surface area contributed by atoms with Gasteiger partial charge in [-0.1, -0.05) is 66.7 Å². The van der Waals surface area contributed by atoms with Crippen LogP contribution in [0.3, 0.4) is 0 Å². The Morgan fingerprint density at radius 3 is 1.83 bits per heavy atom. The molecule has 0 fully saturated rings. The van der Waals surface area contributed by atoms with Gasteiger partial charge < -0.3 is 9.84 Å². The van der Waals surface area contributed by atoms with E-state index >= 15 is 0 Å². The lowest BCUT2D eigenvalue weighted by atomic mass is 9.67. The lowest BCUT2D eigenvalue weighted by Gasteiger charge is -2.39. The van der Waals surface area contributed by atoms with Gasteiger partial charge >= 0.3 is 5.97 Å². The molecule has 0 aliphatic carbocycles. The van der Waals surface area contributed by atoms with Crippen molar-refractivity contribution in [3.8, 4) is 5.75 Å². The molecule has 0 aliphatic rings. The van der Waals surface area contributed by atoms with Crippen molar-refractivity contribution in [2.75, 3.05) is 7.11 Å². The van der Waals surface area contributed by atoms with Crippen molar-refractivity contribution in [1.29, 1.82) is 0 Å². The summed E-state index contributed by atoms with van der Waals surface area (Å²) in [6.07, 6.45) is 2.51. The summed E-state index contributed by atoms with van der Waals surface area (Å²) in [4.78, 5) is 10.9. The van der Waals surface area contributed by atoms with Crippen LogP contribution >= 0.6 is 0 Å². The monoisotopic (exact) mass is 324 g/mol. The zero-order valence-electron chi connectivity index (χ0n) is 16.3. The molecule has 0 saturated heterocycles. The number of rotatable bonds is 4. The SMILES string of the molecule is CC.COC(=O)CCCC(C)(C)C(C)(C)C.Oc1ccccc1. The summed E-state index contributed by atoms with van der Waals surface area (Å²) in [5.74, 6) is 0.220. The first-order valence-electron chi connectivity index (χ1n) is 8.41. The van der Waals surface area contributed by atoms with E-state index in [1.54, 1.807) is 24.3 Å². The van der Waals surface area contributed by atoms with Gasteiger partial charge in [0.1, 0.15) is 5.75 Å². The Morgan fingerprint density at radius 1 is 1.04 bits per heavy atom. The number of aromatic hydroxyl groups is 1. The molecule has 0 unspecified atom stereocenters. The van der Waals surface area contributed by atoms with Crippen LogP contribution < -0.4 is 0 Å². The average Bonchev–Trinajstić information content (AvgIpc) is 2.49. The van der Waals surface area contributed by atoms with E-state index in [0.29, 0.717) is 12.2 Å². The maximum Gasteiger partial charge on any atom is 0.305 e. The number of benzene rings is 1. The standard InChI is InChI=1S/C12H24O2.C6H6O.C2H6/c1-11(2,3)12(4,5)9-7-8-10(13)14-6;7-6-4-2-1-3-5-6;1-2/h7-9H2,1-6H3;1-5,7H;1-2H3. The van der Waals surface area contributed by atoms with Crippen LogP contribution in [0, 0.1) is 10.8 Å². The Bertz CT molecular complexity index is 403. The Balaban J connectivity index is 0.